The van der Waals surface area contributed by atoms with Crippen LogP contribution >= 0.6 is 0 Å². The van der Waals surface area contributed by atoms with Crippen molar-refractivity contribution >= 4 is 68.3 Å². The summed E-state index contributed by atoms with van der Waals surface area (Å²) in [5.41, 5.74) is 3.12. The van der Waals surface area contributed by atoms with Gasteiger partial charge < -0.3 is 15.3 Å². The van der Waals surface area contributed by atoms with Gasteiger partial charge in [-0.2, -0.15) is 0 Å². The summed E-state index contributed by atoms with van der Waals surface area (Å²) in [6.45, 7) is 0. The van der Waals surface area contributed by atoms with E-state index in [1.807, 2.05) is 0 Å². The van der Waals surface area contributed by atoms with Crippen LogP contribution in [0, 0.1) is 0 Å². The van der Waals surface area contributed by atoms with E-state index in [4.69, 9.17) is 9.97 Å². The summed E-state index contributed by atoms with van der Waals surface area (Å²) in [5.74, 6) is -2.18. The van der Waals surface area contributed by atoms with E-state index in [0.29, 0.717) is 50.4 Å². The maximum Gasteiger partial charge on any atom is 0.335 e. The average Bonchev–Trinajstić information content (AvgIpc) is 3.52. The molecule has 7 aromatic rings. The molecule has 3 N–H and O–H groups in total. The van der Waals surface area contributed by atoms with Crippen LogP contribution in [0.2, 0.25) is 0 Å². The van der Waals surface area contributed by atoms with Crippen molar-refractivity contribution in [3.05, 3.63) is 71.3 Å². The fourth-order valence-corrected chi connectivity index (χ4v) is 4.64. The molecule has 0 atom stereocenters. The van der Waals surface area contributed by atoms with E-state index in [-0.39, 0.29) is 16.7 Å². The summed E-state index contributed by atoms with van der Waals surface area (Å²) in [5, 5.41) is 28.4. The molecule has 0 fully saturated rings. The molecule has 4 heterocycles. The predicted octanol–water partition coefficient (Wildman–Crippen LogP) is 3.18. The summed E-state index contributed by atoms with van der Waals surface area (Å²) in [7, 11) is 0. The topological polar surface area (TPSA) is 164 Å². The van der Waals surface area contributed by atoms with Gasteiger partial charge in [0.2, 0.25) is 17.3 Å². The predicted molar refractivity (Wildman–Crippen MR) is 126 cm³/mol. The monoisotopic (exact) mass is 480 g/mol. The fraction of sp³-hybridized carbons (Fsp3) is 0. The van der Waals surface area contributed by atoms with E-state index in [1.54, 1.807) is 31.4 Å². The molecule has 174 valence electrons. The molecule has 0 saturated heterocycles. The van der Waals surface area contributed by atoms with Gasteiger partial charge in [-0.25, -0.2) is 42.5 Å². The van der Waals surface area contributed by atoms with Crippen molar-refractivity contribution in [2.24, 2.45) is 0 Å². The first-order valence-corrected chi connectivity index (χ1v) is 10.6. The Labute approximate surface area is 197 Å². The van der Waals surface area contributed by atoms with E-state index in [2.05, 4.69) is 4.98 Å². The van der Waals surface area contributed by atoms with E-state index in [0.717, 1.165) is 0 Å². The highest BCUT2D eigenvalue weighted by Gasteiger charge is 2.22. The molecule has 7 rings (SSSR count). The summed E-state index contributed by atoms with van der Waals surface area (Å²) < 4.78 is 5.13. The molecule has 0 aliphatic carbocycles. The van der Waals surface area contributed by atoms with E-state index >= 15 is 0 Å². The normalized spacial score (nSPS) is 12.0. The third kappa shape index (κ3) is 2.46. The minimum atomic E-state index is -1.10. The van der Waals surface area contributed by atoms with Crippen LogP contribution in [0.1, 0.15) is 31.1 Å². The number of aromatic nitrogens is 6. The largest absolute Gasteiger partial charge is 0.478 e. The van der Waals surface area contributed by atoms with Crippen LogP contribution in [-0.2, 0) is 0 Å². The van der Waals surface area contributed by atoms with E-state index in [1.165, 1.54) is 36.4 Å². The molecule has 0 unspecified atom stereocenters. The lowest BCUT2D eigenvalue weighted by Gasteiger charge is -2.05. The Morgan fingerprint density at radius 3 is 1.36 bits per heavy atom. The molecule has 0 amide bonds. The van der Waals surface area contributed by atoms with Crippen molar-refractivity contribution in [2.45, 2.75) is 0 Å². The second-order valence-corrected chi connectivity index (χ2v) is 8.27. The highest BCUT2D eigenvalue weighted by atomic mass is 16.4. The van der Waals surface area contributed by atoms with Crippen molar-refractivity contribution in [1.82, 2.24) is 28.2 Å². The number of aromatic carboxylic acids is 3. The molecular formula is C24H12N6O6. The Kier molecular flexibility index (Phi) is 3.61. The number of carbonyl (C=O) groups is 3. The lowest BCUT2D eigenvalue weighted by Crippen LogP contribution is -2.04. The minimum absolute atomic E-state index is 0.0569. The maximum atomic E-state index is 11.7. The highest BCUT2D eigenvalue weighted by molar-refractivity contribution is 5.98. The van der Waals surface area contributed by atoms with Crippen LogP contribution in [0.25, 0.3) is 50.4 Å². The molecular weight excluding hydrogens is 468 g/mol. The van der Waals surface area contributed by atoms with Crippen LogP contribution in [-0.4, -0.2) is 61.4 Å². The van der Waals surface area contributed by atoms with Gasteiger partial charge in [0.05, 0.1) is 49.8 Å². The Hall–Kier alpha value is -5.52. The van der Waals surface area contributed by atoms with Crippen LogP contribution in [0.5, 0.6) is 0 Å². The smallest absolute Gasteiger partial charge is 0.335 e. The molecule has 0 spiro atoms. The van der Waals surface area contributed by atoms with Gasteiger partial charge in [0, 0.05) is 0 Å². The number of benzene rings is 3. The maximum absolute atomic E-state index is 11.7. The third-order valence-electron chi connectivity index (χ3n) is 6.25. The molecule has 4 aromatic heterocycles. The number of hydrogen-bond acceptors (Lipinski definition) is 6. The van der Waals surface area contributed by atoms with Crippen LogP contribution in [0.15, 0.2) is 54.6 Å². The number of hydrogen-bond donors (Lipinski definition) is 3. The van der Waals surface area contributed by atoms with Crippen LogP contribution < -0.4 is 0 Å². The second-order valence-electron chi connectivity index (χ2n) is 8.27. The van der Waals surface area contributed by atoms with Crippen molar-refractivity contribution in [3.63, 3.8) is 0 Å². The van der Waals surface area contributed by atoms with Gasteiger partial charge in [0.1, 0.15) is 0 Å². The molecule has 0 saturated carbocycles. The molecule has 36 heavy (non-hydrogen) atoms. The van der Waals surface area contributed by atoms with Crippen molar-refractivity contribution in [1.29, 1.82) is 0 Å². The van der Waals surface area contributed by atoms with Gasteiger partial charge in [-0.1, -0.05) is 0 Å². The van der Waals surface area contributed by atoms with E-state index in [9.17, 15) is 29.7 Å². The Morgan fingerprint density at radius 2 is 0.889 bits per heavy atom. The first kappa shape index (κ1) is 19.9. The van der Waals surface area contributed by atoms with Crippen LogP contribution in [0.4, 0.5) is 0 Å². The van der Waals surface area contributed by atoms with Gasteiger partial charge in [-0.3, -0.25) is 0 Å². The van der Waals surface area contributed by atoms with Gasteiger partial charge in [0.15, 0.2) is 0 Å². The lowest BCUT2D eigenvalue weighted by atomic mass is 10.2. The van der Waals surface area contributed by atoms with Crippen molar-refractivity contribution in [2.75, 3.05) is 0 Å². The second kappa shape index (κ2) is 6.54. The average molecular weight is 480 g/mol. The molecule has 0 aliphatic heterocycles. The number of fused-ring (bicyclic) bond motifs is 12. The zero-order valence-electron chi connectivity index (χ0n) is 17.9. The van der Waals surface area contributed by atoms with Gasteiger partial charge in [-0.05, 0) is 54.6 Å². The Bertz CT molecular complexity index is 2150. The summed E-state index contributed by atoms with van der Waals surface area (Å²) in [6, 6.07) is 13.6. The van der Waals surface area contributed by atoms with E-state index < -0.39 is 17.9 Å². The molecule has 12 nitrogen and oxygen atoms in total. The summed E-state index contributed by atoms with van der Waals surface area (Å²) in [6.07, 6.45) is 0. The van der Waals surface area contributed by atoms with Gasteiger partial charge >= 0.3 is 17.9 Å². The molecule has 0 radical (unpaired) electrons. The summed E-state index contributed by atoms with van der Waals surface area (Å²) in [4.78, 5) is 48.9. The first-order valence-electron chi connectivity index (χ1n) is 10.6. The Balaban J connectivity index is 1.77. The van der Waals surface area contributed by atoms with Crippen LogP contribution in [0.3, 0.4) is 0 Å². The standard InChI is InChI=1S/C24H12N6O6/c31-19(32)10-2-5-16-14(7-10)26-23-28(16)22-25-13-4-1-12(21(35)36)9-18(13)30(22)24-27-15-8-11(20(33)34)3-6-17(15)29(23)24/h1-9H,(H,31,32)(H,33,34)(H,35,36). The SMILES string of the molecule is O=C(O)c1ccc2c(c1)nc1n2c2nc3ccc(C(=O)O)cc3n2c2nc3cc(C(=O)O)ccc3n12. The Morgan fingerprint density at radius 1 is 0.500 bits per heavy atom. The number of nitrogens with zero attached hydrogens (tertiary/aromatic N) is 6. The third-order valence-corrected chi connectivity index (χ3v) is 6.25. The minimum Gasteiger partial charge on any atom is -0.478 e. The number of carboxylic acid groups (broad SMARTS) is 3. The zero-order chi connectivity index (χ0) is 24.9. The number of carboxylic acids is 3. The highest BCUT2D eigenvalue weighted by Crippen LogP contribution is 2.29. The first-order chi connectivity index (χ1) is 17.3. The number of rotatable bonds is 3. The van der Waals surface area contributed by atoms with Gasteiger partial charge in [0.25, 0.3) is 0 Å². The molecule has 0 bridgehead atoms. The fourth-order valence-electron chi connectivity index (χ4n) is 4.64. The molecule has 0 aliphatic rings. The van der Waals surface area contributed by atoms with Gasteiger partial charge in [-0.15, -0.1) is 0 Å². The molecule has 3 aromatic carbocycles. The van der Waals surface area contributed by atoms with Crippen molar-refractivity contribution < 1.29 is 29.7 Å². The quantitative estimate of drug-likeness (QED) is 0.344. The molecule has 12 heteroatoms. The number of imidazole rings is 3. The summed E-state index contributed by atoms with van der Waals surface area (Å²) >= 11 is 0. The zero-order valence-corrected chi connectivity index (χ0v) is 17.9. The lowest BCUT2D eigenvalue weighted by molar-refractivity contribution is 0.0686. The van der Waals surface area contributed by atoms with Crippen molar-refractivity contribution in [3.8, 4) is 0 Å².